The standard InChI is InChI=1S/C13H5Cl3F3NO2/c14-6-4-8(15)12(9(16)5-6)11-7(13(17,18)19)2-1-3-10(11)20(21)22/h1-5H. The quantitative estimate of drug-likeness (QED) is 0.464. The normalized spacial score (nSPS) is 11.5. The fourth-order valence-corrected chi connectivity index (χ4v) is 2.98. The van der Waals surface area contributed by atoms with Gasteiger partial charge in [0.2, 0.25) is 0 Å². The second kappa shape index (κ2) is 5.95. The molecule has 0 atom stereocenters. The first-order valence-electron chi connectivity index (χ1n) is 5.62. The van der Waals surface area contributed by atoms with E-state index in [-0.39, 0.29) is 20.6 Å². The average Bonchev–Trinajstić information content (AvgIpc) is 2.36. The van der Waals surface area contributed by atoms with Crippen molar-refractivity contribution >= 4 is 40.5 Å². The number of nitrogens with zero attached hydrogens (tertiary/aromatic N) is 1. The first kappa shape index (κ1) is 16.9. The third-order valence-corrected chi connectivity index (χ3v) is 3.62. The molecule has 0 unspecified atom stereocenters. The molecule has 0 amide bonds. The van der Waals surface area contributed by atoms with E-state index in [4.69, 9.17) is 34.8 Å². The van der Waals surface area contributed by atoms with E-state index in [1.807, 2.05) is 0 Å². The first-order valence-corrected chi connectivity index (χ1v) is 6.76. The minimum atomic E-state index is -4.81. The number of hydrogen-bond acceptors (Lipinski definition) is 2. The molecule has 0 fully saturated rings. The Morgan fingerprint density at radius 1 is 1.00 bits per heavy atom. The van der Waals surface area contributed by atoms with E-state index in [1.54, 1.807) is 0 Å². The Labute approximate surface area is 137 Å². The van der Waals surface area contributed by atoms with Crippen molar-refractivity contribution in [1.29, 1.82) is 0 Å². The molecule has 9 heteroatoms. The van der Waals surface area contributed by atoms with Gasteiger partial charge in [0.25, 0.3) is 5.69 Å². The number of rotatable bonds is 2. The van der Waals surface area contributed by atoms with Crippen molar-refractivity contribution in [3.05, 3.63) is 61.1 Å². The van der Waals surface area contributed by atoms with Gasteiger partial charge in [-0.1, -0.05) is 40.9 Å². The maximum Gasteiger partial charge on any atom is 0.417 e. The van der Waals surface area contributed by atoms with Gasteiger partial charge < -0.3 is 0 Å². The van der Waals surface area contributed by atoms with E-state index in [0.29, 0.717) is 0 Å². The predicted octanol–water partition coefficient (Wildman–Crippen LogP) is 6.24. The highest BCUT2D eigenvalue weighted by atomic mass is 35.5. The van der Waals surface area contributed by atoms with Crippen LogP contribution in [0, 0.1) is 10.1 Å². The smallest absolute Gasteiger partial charge is 0.258 e. The molecule has 116 valence electrons. The summed E-state index contributed by atoms with van der Waals surface area (Å²) in [7, 11) is 0. The van der Waals surface area contributed by atoms with Crippen molar-refractivity contribution in [3.63, 3.8) is 0 Å². The molecule has 0 saturated heterocycles. The third-order valence-electron chi connectivity index (χ3n) is 2.80. The lowest BCUT2D eigenvalue weighted by Crippen LogP contribution is -2.09. The van der Waals surface area contributed by atoms with E-state index < -0.39 is 27.9 Å². The van der Waals surface area contributed by atoms with E-state index in [1.165, 1.54) is 12.1 Å². The SMILES string of the molecule is O=[N+]([O-])c1cccc(C(F)(F)F)c1-c1c(Cl)cc(Cl)cc1Cl. The van der Waals surface area contributed by atoms with Crippen LogP contribution in [0.5, 0.6) is 0 Å². The summed E-state index contributed by atoms with van der Waals surface area (Å²) in [6.45, 7) is 0. The first-order chi connectivity index (χ1) is 10.1. The van der Waals surface area contributed by atoms with Gasteiger partial charge in [-0.3, -0.25) is 10.1 Å². The zero-order valence-corrected chi connectivity index (χ0v) is 12.7. The largest absolute Gasteiger partial charge is 0.417 e. The van der Waals surface area contributed by atoms with E-state index in [0.717, 1.165) is 18.2 Å². The molecule has 2 rings (SSSR count). The van der Waals surface area contributed by atoms with Gasteiger partial charge in [-0.25, -0.2) is 0 Å². The van der Waals surface area contributed by atoms with Gasteiger partial charge in [0.05, 0.1) is 26.1 Å². The summed E-state index contributed by atoms with van der Waals surface area (Å²) in [4.78, 5) is 10.2. The summed E-state index contributed by atoms with van der Waals surface area (Å²) in [6.07, 6.45) is -4.81. The maximum atomic E-state index is 13.2. The van der Waals surface area contributed by atoms with Gasteiger partial charge in [-0.05, 0) is 18.2 Å². The van der Waals surface area contributed by atoms with Crippen LogP contribution < -0.4 is 0 Å². The highest BCUT2D eigenvalue weighted by Gasteiger charge is 2.38. The van der Waals surface area contributed by atoms with Crippen LogP contribution in [0.3, 0.4) is 0 Å². The monoisotopic (exact) mass is 369 g/mol. The lowest BCUT2D eigenvalue weighted by molar-refractivity contribution is -0.384. The second-order valence-corrected chi connectivity index (χ2v) is 5.45. The van der Waals surface area contributed by atoms with Gasteiger partial charge in [0.15, 0.2) is 0 Å². The molecule has 0 radical (unpaired) electrons. The van der Waals surface area contributed by atoms with Crippen LogP contribution in [0.1, 0.15) is 5.56 Å². The molecule has 0 aliphatic carbocycles. The number of nitro groups is 1. The summed E-state index contributed by atoms with van der Waals surface area (Å²) in [6, 6.07) is 4.96. The molecule has 0 heterocycles. The molecular weight excluding hydrogens is 366 g/mol. The van der Waals surface area contributed by atoms with E-state index >= 15 is 0 Å². The van der Waals surface area contributed by atoms with Crippen LogP contribution >= 0.6 is 34.8 Å². The predicted molar refractivity (Wildman–Crippen MR) is 78.6 cm³/mol. The fraction of sp³-hybridized carbons (Fsp3) is 0.0769. The molecule has 0 aliphatic rings. The number of alkyl halides is 3. The Kier molecular flexibility index (Phi) is 4.56. The van der Waals surface area contributed by atoms with Crippen molar-refractivity contribution in [1.82, 2.24) is 0 Å². The van der Waals surface area contributed by atoms with Crippen molar-refractivity contribution in [3.8, 4) is 11.1 Å². The van der Waals surface area contributed by atoms with Crippen LogP contribution in [0.4, 0.5) is 18.9 Å². The van der Waals surface area contributed by atoms with E-state index in [9.17, 15) is 23.3 Å². The number of halogens is 6. The van der Waals surface area contributed by atoms with Crippen LogP contribution in [0.25, 0.3) is 11.1 Å². The van der Waals surface area contributed by atoms with Crippen LogP contribution in [0.2, 0.25) is 15.1 Å². The zero-order valence-electron chi connectivity index (χ0n) is 10.4. The molecule has 2 aromatic carbocycles. The summed E-state index contributed by atoms with van der Waals surface area (Å²) >= 11 is 17.5. The Hall–Kier alpha value is -1.50. The third kappa shape index (κ3) is 3.14. The molecule has 0 spiro atoms. The topological polar surface area (TPSA) is 43.1 Å². The number of benzene rings is 2. The molecule has 0 bridgehead atoms. The Morgan fingerprint density at radius 2 is 1.55 bits per heavy atom. The Bertz CT molecular complexity index is 740. The number of nitro benzene ring substituents is 1. The molecule has 2 aromatic rings. The average molecular weight is 371 g/mol. The molecule has 0 aliphatic heterocycles. The van der Waals surface area contributed by atoms with Crippen molar-refractivity contribution in [2.75, 3.05) is 0 Å². The van der Waals surface area contributed by atoms with Gasteiger partial charge in [0, 0.05) is 16.7 Å². The molecular formula is C13H5Cl3F3NO2. The minimum absolute atomic E-state index is 0.103. The number of hydrogen-bond donors (Lipinski definition) is 0. The summed E-state index contributed by atoms with van der Waals surface area (Å²) < 4.78 is 39.6. The molecule has 0 aromatic heterocycles. The van der Waals surface area contributed by atoms with Gasteiger partial charge in [0.1, 0.15) is 0 Å². The summed E-state index contributed by atoms with van der Waals surface area (Å²) in [5, 5.41) is 10.8. The lowest BCUT2D eigenvalue weighted by atomic mass is 9.97. The van der Waals surface area contributed by atoms with E-state index in [2.05, 4.69) is 0 Å². The summed E-state index contributed by atoms with van der Waals surface area (Å²) in [5.41, 5.74) is -2.92. The molecule has 3 nitrogen and oxygen atoms in total. The molecule has 0 saturated carbocycles. The van der Waals surface area contributed by atoms with Crippen molar-refractivity contribution in [2.24, 2.45) is 0 Å². The lowest BCUT2D eigenvalue weighted by Gasteiger charge is -2.15. The zero-order chi connectivity index (χ0) is 16.7. The fourth-order valence-electron chi connectivity index (χ4n) is 1.97. The highest BCUT2D eigenvalue weighted by molar-refractivity contribution is 6.42. The van der Waals surface area contributed by atoms with Crippen LogP contribution in [-0.4, -0.2) is 4.92 Å². The van der Waals surface area contributed by atoms with Crippen LogP contribution in [0.15, 0.2) is 30.3 Å². The van der Waals surface area contributed by atoms with Gasteiger partial charge in [-0.15, -0.1) is 0 Å². The Balaban J connectivity index is 2.93. The second-order valence-electron chi connectivity index (χ2n) is 4.20. The van der Waals surface area contributed by atoms with Crippen molar-refractivity contribution in [2.45, 2.75) is 6.18 Å². The maximum absolute atomic E-state index is 13.2. The van der Waals surface area contributed by atoms with Gasteiger partial charge in [-0.2, -0.15) is 13.2 Å². The van der Waals surface area contributed by atoms with Crippen molar-refractivity contribution < 1.29 is 18.1 Å². The highest BCUT2D eigenvalue weighted by Crippen LogP contribution is 2.47. The molecule has 22 heavy (non-hydrogen) atoms. The minimum Gasteiger partial charge on any atom is -0.258 e. The van der Waals surface area contributed by atoms with Crippen LogP contribution in [-0.2, 0) is 6.18 Å². The molecule has 0 N–H and O–H groups in total. The summed E-state index contributed by atoms with van der Waals surface area (Å²) in [5.74, 6) is 0. The Morgan fingerprint density at radius 3 is 2.00 bits per heavy atom. The van der Waals surface area contributed by atoms with Gasteiger partial charge >= 0.3 is 6.18 Å².